The number of rotatable bonds is 5. The van der Waals surface area contributed by atoms with Gasteiger partial charge in [-0.1, -0.05) is 24.3 Å². The molecule has 6 nitrogen and oxygen atoms in total. The standard InChI is InChI=1S/C25H33N3O3/c1-15-22(28-23(24(26)30)16(2)27-15)20-12-10-19(11-13-20)18-8-6-17(7-9-18)14-21(29)31-25(3,4)5/h10-13,17-18H,6-9,14H2,1-5H3,(H2,26,30). The van der Waals surface area contributed by atoms with Crippen LogP contribution in [0.25, 0.3) is 11.3 Å². The van der Waals surface area contributed by atoms with Crippen LogP contribution in [0.4, 0.5) is 0 Å². The largest absolute Gasteiger partial charge is 0.460 e. The quantitative estimate of drug-likeness (QED) is 0.693. The molecule has 1 aliphatic rings. The highest BCUT2D eigenvalue weighted by molar-refractivity contribution is 5.92. The number of primary amides is 1. The predicted molar refractivity (Wildman–Crippen MR) is 121 cm³/mol. The van der Waals surface area contributed by atoms with Crippen LogP contribution in [0, 0.1) is 19.8 Å². The normalized spacial score (nSPS) is 19.1. The molecule has 0 atom stereocenters. The number of ether oxygens (including phenoxy) is 1. The summed E-state index contributed by atoms with van der Waals surface area (Å²) in [6, 6.07) is 8.36. The second kappa shape index (κ2) is 9.16. The first-order chi connectivity index (χ1) is 14.5. The highest BCUT2D eigenvalue weighted by Gasteiger charge is 2.26. The van der Waals surface area contributed by atoms with Crippen LogP contribution >= 0.6 is 0 Å². The number of carbonyl (C=O) groups excluding carboxylic acids is 2. The Morgan fingerprint density at radius 2 is 1.61 bits per heavy atom. The number of carbonyl (C=O) groups is 2. The maximum Gasteiger partial charge on any atom is 0.306 e. The summed E-state index contributed by atoms with van der Waals surface area (Å²) in [4.78, 5) is 32.6. The SMILES string of the molecule is Cc1nc(C)c(-c2ccc(C3CCC(CC(=O)OC(C)(C)C)CC3)cc2)nc1C(N)=O. The minimum absolute atomic E-state index is 0.0924. The Morgan fingerprint density at radius 1 is 1.00 bits per heavy atom. The number of hydrogen-bond acceptors (Lipinski definition) is 5. The molecule has 1 fully saturated rings. The molecule has 166 valence electrons. The number of nitrogens with two attached hydrogens (primary N) is 1. The van der Waals surface area contributed by atoms with Crippen molar-refractivity contribution in [2.45, 2.75) is 78.2 Å². The molecule has 6 heteroatoms. The summed E-state index contributed by atoms with van der Waals surface area (Å²) in [5.74, 6) is 0.245. The van der Waals surface area contributed by atoms with E-state index in [9.17, 15) is 9.59 Å². The fourth-order valence-corrected chi connectivity index (χ4v) is 4.37. The van der Waals surface area contributed by atoms with Gasteiger partial charge in [0.25, 0.3) is 5.91 Å². The van der Waals surface area contributed by atoms with Gasteiger partial charge in [0.15, 0.2) is 0 Å². The van der Waals surface area contributed by atoms with Crippen molar-refractivity contribution in [2.24, 2.45) is 11.7 Å². The second-order valence-corrected chi connectivity index (χ2v) is 9.59. The summed E-state index contributed by atoms with van der Waals surface area (Å²) in [6.07, 6.45) is 4.73. The van der Waals surface area contributed by atoms with Gasteiger partial charge in [0.1, 0.15) is 11.3 Å². The topological polar surface area (TPSA) is 95.2 Å². The van der Waals surface area contributed by atoms with E-state index in [-0.39, 0.29) is 11.7 Å². The molecule has 0 radical (unpaired) electrons. The number of esters is 1. The van der Waals surface area contributed by atoms with Gasteiger partial charge in [0.05, 0.1) is 17.1 Å². The van der Waals surface area contributed by atoms with Gasteiger partial charge in [-0.25, -0.2) is 4.98 Å². The summed E-state index contributed by atoms with van der Waals surface area (Å²) in [6.45, 7) is 9.35. The minimum atomic E-state index is -0.564. The Morgan fingerprint density at radius 3 is 2.16 bits per heavy atom. The Balaban J connectivity index is 1.64. The van der Waals surface area contributed by atoms with E-state index in [4.69, 9.17) is 10.5 Å². The second-order valence-electron chi connectivity index (χ2n) is 9.59. The summed E-state index contributed by atoms with van der Waals surface area (Å²) in [5, 5.41) is 0. The van der Waals surface area contributed by atoms with E-state index in [2.05, 4.69) is 22.1 Å². The fourth-order valence-electron chi connectivity index (χ4n) is 4.37. The van der Waals surface area contributed by atoms with E-state index >= 15 is 0 Å². The average molecular weight is 424 g/mol. The number of benzene rings is 1. The Kier molecular flexibility index (Phi) is 6.77. The number of nitrogens with zero attached hydrogens (tertiary/aromatic N) is 2. The molecule has 0 spiro atoms. The molecule has 2 aromatic rings. The number of aryl methyl sites for hydroxylation is 2. The van der Waals surface area contributed by atoms with Gasteiger partial charge >= 0.3 is 5.97 Å². The smallest absolute Gasteiger partial charge is 0.306 e. The van der Waals surface area contributed by atoms with Gasteiger partial charge in [-0.15, -0.1) is 0 Å². The van der Waals surface area contributed by atoms with Crippen LogP contribution in [0.2, 0.25) is 0 Å². The summed E-state index contributed by atoms with van der Waals surface area (Å²) in [5.41, 5.74) is 9.46. The molecular weight excluding hydrogens is 390 g/mol. The van der Waals surface area contributed by atoms with E-state index in [1.165, 1.54) is 5.56 Å². The summed E-state index contributed by atoms with van der Waals surface area (Å²) in [7, 11) is 0. The zero-order chi connectivity index (χ0) is 22.8. The monoisotopic (exact) mass is 423 g/mol. The molecule has 0 unspecified atom stereocenters. The molecule has 1 aromatic heterocycles. The lowest BCUT2D eigenvalue weighted by Gasteiger charge is -2.29. The van der Waals surface area contributed by atoms with Crippen LogP contribution < -0.4 is 5.73 Å². The average Bonchev–Trinajstić information content (AvgIpc) is 2.67. The van der Waals surface area contributed by atoms with E-state index in [0.29, 0.717) is 29.6 Å². The molecule has 1 saturated carbocycles. The van der Waals surface area contributed by atoms with E-state index < -0.39 is 11.5 Å². The van der Waals surface area contributed by atoms with Crippen molar-refractivity contribution in [3.63, 3.8) is 0 Å². The van der Waals surface area contributed by atoms with Gasteiger partial charge < -0.3 is 10.5 Å². The van der Waals surface area contributed by atoms with Gasteiger partial charge in [-0.05, 0) is 77.7 Å². The van der Waals surface area contributed by atoms with Crippen molar-refractivity contribution in [1.82, 2.24) is 9.97 Å². The Hall–Kier alpha value is -2.76. The first-order valence-electron chi connectivity index (χ1n) is 11.0. The van der Waals surface area contributed by atoms with Crippen LogP contribution in [0.5, 0.6) is 0 Å². The molecule has 0 aliphatic heterocycles. The maximum atomic E-state index is 12.1. The lowest BCUT2D eigenvalue weighted by atomic mass is 9.77. The van der Waals surface area contributed by atoms with Crippen LogP contribution in [-0.4, -0.2) is 27.4 Å². The van der Waals surface area contributed by atoms with Crippen LogP contribution in [0.3, 0.4) is 0 Å². The maximum absolute atomic E-state index is 12.1. The molecule has 1 amide bonds. The minimum Gasteiger partial charge on any atom is -0.460 e. The zero-order valence-corrected chi connectivity index (χ0v) is 19.2. The summed E-state index contributed by atoms with van der Waals surface area (Å²) < 4.78 is 5.47. The fraction of sp³-hybridized carbons (Fsp3) is 0.520. The predicted octanol–water partition coefficient (Wildman–Crippen LogP) is 4.86. The van der Waals surface area contributed by atoms with Crippen LogP contribution in [-0.2, 0) is 9.53 Å². The molecule has 2 N–H and O–H groups in total. The Labute approximate surface area is 184 Å². The molecule has 0 saturated heterocycles. The van der Waals surface area contributed by atoms with Gasteiger partial charge in [0, 0.05) is 12.0 Å². The summed E-state index contributed by atoms with van der Waals surface area (Å²) >= 11 is 0. The third-order valence-electron chi connectivity index (χ3n) is 5.86. The lowest BCUT2D eigenvalue weighted by molar-refractivity contribution is -0.156. The van der Waals surface area contributed by atoms with Crippen molar-refractivity contribution < 1.29 is 14.3 Å². The van der Waals surface area contributed by atoms with Crippen LogP contribution in [0.15, 0.2) is 24.3 Å². The number of amides is 1. The van der Waals surface area contributed by atoms with Gasteiger partial charge in [-0.2, -0.15) is 0 Å². The van der Waals surface area contributed by atoms with E-state index in [0.717, 1.165) is 36.9 Å². The molecule has 1 heterocycles. The highest BCUT2D eigenvalue weighted by Crippen LogP contribution is 2.38. The van der Waals surface area contributed by atoms with E-state index in [1.54, 1.807) is 6.92 Å². The number of aromatic nitrogens is 2. The van der Waals surface area contributed by atoms with E-state index in [1.807, 2.05) is 39.8 Å². The molecule has 31 heavy (non-hydrogen) atoms. The molecule has 3 rings (SSSR count). The van der Waals surface area contributed by atoms with Gasteiger partial charge in [0.2, 0.25) is 0 Å². The van der Waals surface area contributed by atoms with Crippen molar-refractivity contribution >= 4 is 11.9 Å². The van der Waals surface area contributed by atoms with Crippen LogP contribution in [0.1, 0.15) is 86.2 Å². The van der Waals surface area contributed by atoms with Crippen molar-refractivity contribution in [1.29, 1.82) is 0 Å². The third-order valence-corrected chi connectivity index (χ3v) is 5.86. The first kappa shape index (κ1) is 22.9. The highest BCUT2D eigenvalue weighted by atomic mass is 16.6. The van der Waals surface area contributed by atoms with Crippen molar-refractivity contribution in [2.75, 3.05) is 0 Å². The zero-order valence-electron chi connectivity index (χ0n) is 19.2. The van der Waals surface area contributed by atoms with Crippen molar-refractivity contribution in [3.8, 4) is 11.3 Å². The Bertz CT molecular complexity index is 953. The molecular formula is C25H33N3O3. The van der Waals surface area contributed by atoms with Gasteiger partial charge in [-0.3, -0.25) is 14.6 Å². The lowest BCUT2D eigenvalue weighted by Crippen LogP contribution is -2.26. The molecule has 0 bridgehead atoms. The third kappa shape index (κ3) is 5.90. The van der Waals surface area contributed by atoms with Crippen molar-refractivity contribution in [3.05, 3.63) is 46.9 Å². The molecule has 1 aromatic carbocycles. The number of hydrogen-bond donors (Lipinski definition) is 1. The first-order valence-corrected chi connectivity index (χ1v) is 11.0. The molecule has 1 aliphatic carbocycles.